The minimum Gasteiger partial charge on any atom is -0.377 e. The summed E-state index contributed by atoms with van der Waals surface area (Å²) in [5.74, 6) is 0.0621. The molecule has 14 heavy (non-hydrogen) atoms. The van der Waals surface area contributed by atoms with Crippen molar-refractivity contribution in [1.82, 2.24) is 5.32 Å². The van der Waals surface area contributed by atoms with Crippen molar-refractivity contribution in [2.45, 2.75) is 33.3 Å². The van der Waals surface area contributed by atoms with Gasteiger partial charge in [0.25, 0.3) is 0 Å². The topological polar surface area (TPSA) is 47.6 Å². The Kier molecular flexibility index (Phi) is 8.57. The molecule has 0 aliphatic carbocycles. The molecule has 0 aromatic heterocycles. The van der Waals surface area contributed by atoms with Crippen molar-refractivity contribution in [2.24, 2.45) is 0 Å². The number of ether oxygens (including phenoxy) is 2. The maximum absolute atomic E-state index is 10.8. The molecule has 0 aliphatic rings. The van der Waals surface area contributed by atoms with Gasteiger partial charge in [-0.1, -0.05) is 6.92 Å². The van der Waals surface area contributed by atoms with E-state index >= 15 is 0 Å². The Morgan fingerprint density at radius 2 is 2.00 bits per heavy atom. The van der Waals surface area contributed by atoms with Crippen molar-refractivity contribution in [3.63, 3.8) is 0 Å². The molecule has 0 bridgehead atoms. The van der Waals surface area contributed by atoms with Crippen molar-refractivity contribution in [2.75, 3.05) is 26.4 Å². The summed E-state index contributed by atoms with van der Waals surface area (Å²) >= 11 is 0. The number of carbonyl (C=O) groups is 1. The molecule has 0 aromatic carbocycles. The van der Waals surface area contributed by atoms with Crippen LogP contribution in [0.1, 0.15) is 27.2 Å². The lowest BCUT2D eigenvalue weighted by Crippen LogP contribution is -2.26. The van der Waals surface area contributed by atoms with Gasteiger partial charge in [0.2, 0.25) is 5.91 Å². The van der Waals surface area contributed by atoms with E-state index in [1.165, 1.54) is 0 Å². The summed E-state index contributed by atoms with van der Waals surface area (Å²) < 4.78 is 10.5. The first-order chi connectivity index (χ1) is 6.66. The Hall–Kier alpha value is -0.610. The van der Waals surface area contributed by atoms with Crippen molar-refractivity contribution < 1.29 is 14.3 Å². The zero-order chi connectivity index (χ0) is 10.8. The number of amides is 1. The molecular formula is C10H21NO3. The Morgan fingerprint density at radius 3 is 2.57 bits per heavy atom. The van der Waals surface area contributed by atoms with Crippen LogP contribution in [0.15, 0.2) is 0 Å². The highest BCUT2D eigenvalue weighted by molar-refractivity contribution is 5.75. The van der Waals surface area contributed by atoms with Crippen LogP contribution >= 0.6 is 0 Å². The number of carbonyl (C=O) groups excluding carboxylic acids is 1. The Labute approximate surface area is 86.0 Å². The summed E-state index contributed by atoms with van der Waals surface area (Å²) in [4.78, 5) is 10.8. The lowest BCUT2D eigenvalue weighted by Gasteiger charge is -2.08. The molecule has 4 nitrogen and oxygen atoms in total. The number of hydrogen-bond acceptors (Lipinski definition) is 3. The predicted octanol–water partition coefficient (Wildman–Crippen LogP) is 0.954. The van der Waals surface area contributed by atoms with Gasteiger partial charge in [0.15, 0.2) is 0 Å². The average Bonchev–Trinajstić information content (AvgIpc) is 2.15. The maximum atomic E-state index is 10.8. The highest BCUT2D eigenvalue weighted by Crippen LogP contribution is 1.86. The molecule has 1 amide bonds. The fraction of sp³-hybridized carbons (Fsp3) is 0.900. The second-order valence-electron chi connectivity index (χ2n) is 3.24. The minimum atomic E-state index is 0.0621. The molecule has 0 aromatic rings. The Bertz CT molecular complexity index is 148. The normalized spacial score (nSPS) is 10.6. The summed E-state index contributed by atoms with van der Waals surface area (Å²) in [7, 11) is 0. The molecule has 0 saturated carbocycles. The molecular weight excluding hydrogens is 182 g/mol. The van der Waals surface area contributed by atoms with E-state index in [2.05, 4.69) is 5.32 Å². The highest BCUT2D eigenvalue weighted by Gasteiger charge is 1.95. The van der Waals surface area contributed by atoms with Crippen molar-refractivity contribution >= 4 is 5.91 Å². The molecule has 84 valence electrons. The quantitative estimate of drug-likeness (QED) is 0.598. The van der Waals surface area contributed by atoms with Gasteiger partial charge in [-0.05, 0) is 13.8 Å². The van der Waals surface area contributed by atoms with E-state index in [4.69, 9.17) is 9.47 Å². The van der Waals surface area contributed by atoms with E-state index in [-0.39, 0.29) is 12.0 Å². The van der Waals surface area contributed by atoms with E-state index in [9.17, 15) is 4.79 Å². The molecule has 0 unspecified atom stereocenters. The minimum absolute atomic E-state index is 0.0621. The monoisotopic (exact) mass is 203 g/mol. The molecule has 0 fully saturated rings. The van der Waals surface area contributed by atoms with E-state index in [1.54, 1.807) is 0 Å². The van der Waals surface area contributed by atoms with Gasteiger partial charge in [0.1, 0.15) is 0 Å². The Morgan fingerprint density at radius 1 is 1.29 bits per heavy atom. The Balaban J connectivity index is 3.03. The van der Waals surface area contributed by atoms with Gasteiger partial charge in [-0.25, -0.2) is 0 Å². The first kappa shape index (κ1) is 13.4. The molecule has 0 rings (SSSR count). The van der Waals surface area contributed by atoms with Crippen LogP contribution in [0.2, 0.25) is 0 Å². The number of hydrogen-bond donors (Lipinski definition) is 1. The molecule has 0 saturated heterocycles. The molecule has 0 heterocycles. The zero-order valence-corrected chi connectivity index (χ0v) is 9.34. The van der Waals surface area contributed by atoms with Gasteiger partial charge >= 0.3 is 0 Å². The third-order valence-electron chi connectivity index (χ3n) is 1.57. The van der Waals surface area contributed by atoms with Gasteiger partial charge in [-0.15, -0.1) is 0 Å². The largest absolute Gasteiger partial charge is 0.377 e. The lowest BCUT2D eigenvalue weighted by molar-refractivity contribution is -0.121. The van der Waals surface area contributed by atoms with Crippen LogP contribution in [0.5, 0.6) is 0 Å². The first-order valence-corrected chi connectivity index (χ1v) is 5.12. The fourth-order valence-corrected chi connectivity index (χ4v) is 0.832. The fourth-order valence-electron chi connectivity index (χ4n) is 0.832. The lowest BCUT2D eigenvalue weighted by atomic mass is 10.4. The summed E-state index contributed by atoms with van der Waals surface area (Å²) in [5, 5.41) is 2.73. The van der Waals surface area contributed by atoms with Crippen LogP contribution in [0.3, 0.4) is 0 Å². The number of rotatable bonds is 8. The summed E-state index contributed by atoms with van der Waals surface area (Å²) in [6, 6.07) is 0. The average molecular weight is 203 g/mol. The highest BCUT2D eigenvalue weighted by atomic mass is 16.5. The van der Waals surface area contributed by atoms with Crippen molar-refractivity contribution in [3.8, 4) is 0 Å². The smallest absolute Gasteiger partial charge is 0.219 e. The van der Waals surface area contributed by atoms with Crippen LogP contribution in [0, 0.1) is 0 Å². The van der Waals surface area contributed by atoms with Gasteiger partial charge in [-0.3, -0.25) is 4.79 Å². The molecule has 0 radical (unpaired) electrons. The molecule has 0 aliphatic heterocycles. The van der Waals surface area contributed by atoms with E-state index in [1.807, 2.05) is 20.8 Å². The van der Waals surface area contributed by atoms with Gasteiger partial charge in [0, 0.05) is 13.0 Å². The SMILES string of the molecule is CCC(=O)NCCOCCOC(C)C. The first-order valence-electron chi connectivity index (χ1n) is 5.12. The molecule has 1 N–H and O–H groups in total. The summed E-state index contributed by atoms with van der Waals surface area (Å²) in [6.07, 6.45) is 0.773. The maximum Gasteiger partial charge on any atom is 0.219 e. The summed E-state index contributed by atoms with van der Waals surface area (Å²) in [6.45, 7) is 8.12. The molecule has 0 spiro atoms. The second-order valence-corrected chi connectivity index (χ2v) is 3.24. The van der Waals surface area contributed by atoms with Crippen molar-refractivity contribution in [3.05, 3.63) is 0 Å². The third kappa shape index (κ3) is 9.48. The number of nitrogens with one attached hydrogen (secondary N) is 1. The standard InChI is InChI=1S/C10H21NO3/c1-4-10(12)11-5-6-13-7-8-14-9(2)3/h9H,4-8H2,1-3H3,(H,11,12). The van der Waals surface area contributed by atoms with E-state index < -0.39 is 0 Å². The van der Waals surface area contributed by atoms with Crippen LogP contribution in [-0.2, 0) is 14.3 Å². The van der Waals surface area contributed by atoms with Crippen LogP contribution in [0.4, 0.5) is 0 Å². The second kappa shape index (κ2) is 8.97. The molecule has 0 atom stereocenters. The summed E-state index contributed by atoms with van der Waals surface area (Å²) in [5.41, 5.74) is 0. The molecule has 4 heteroatoms. The van der Waals surface area contributed by atoms with E-state index in [0.717, 1.165) is 0 Å². The van der Waals surface area contributed by atoms with Crippen molar-refractivity contribution in [1.29, 1.82) is 0 Å². The van der Waals surface area contributed by atoms with Gasteiger partial charge < -0.3 is 14.8 Å². The van der Waals surface area contributed by atoms with E-state index in [0.29, 0.717) is 32.8 Å². The zero-order valence-electron chi connectivity index (χ0n) is 9.34. The predicted molar refractivity (Wildman–Crippen MR) is 55.2 cm³/mol. The van der Waals surface area contributed by atoms with Gasteiger partial charge in [0.05, 0.1) is 25.9 Å². The third-order valence-corrected chi connectivity index (χ3v) is 1.57. The van der Waals surface area contributed by atoms with Crippen LogP contribution < -0.4 is 5.32 Å². The van der Waals surface area contributed by atoms with Gasteiger partial charge in [-0.2, -0.15) is 0 Å². The van der Waals surface area contributed by atoms with Crippen LogP contribution in [0.25, 0.3) is 0 Å². The van der Waals surface area contributed by atoms with Crippen LogP contribution in [-0.4, -0.2) is 38.4 Å².